The van der Waals surface area contributed by atoms with E-state index in [0.29, 0.717) is 5.75 Å². The molecule has 3 N–H and O–H groups in total. The second-order valence-electron chi connectivity index (χ2n) is 4.90. The van der Waals surface area contributed by atoms with E-state index in [1.54, 1.807) is 21.9 Å². The Bertz CT molecular complexity index is 323. The van der Waals surface area contributed by atoms with Crippen molar-refractivity contribution < 1.29 is 14.9 Å². The molecule has 1 heterocycles. The fourth-order valence-corrected chi connectivity index (χ4v) is 2.36. The minimum absolute atomic E-state index is 0.360. The van der Waals surface area contributed by atoms with Crippen molar-refractivity contribution >= 4 is 0 Å². The lowest BCUT2D eigenvalue weighted by Gasteiger charge is -2.16. The van der Waals surface area contributed by atoms with Crippen LogP contribution in [0.4, 0.5) is 0 Å². The van der Waals surface area contributed by atoms with Gasteiger partial charge in [-0.25, -0.2) is 0 Å². The maximum absolute atomic E-state index is 9.23. The normalized spacial score (nSPS) is 26.3. The summed E-state index contributed by atoms with van der Waals surface area (Å²) in [5.41, 5.74) is 1.33. The molecule has 0 saturated carbocycles. The van der Waals surface area contributed by atoms with Crippen LogP contribution in [0.2, 0.25) is 0 Å². The van der Waals surface area contributed by atoms with Crippen LogP contribution in [0, 0.1) is 0 Å². The van der Waals surface area contributed by atoms with Crippen molar-refractivity contribution in [3.8, 4) is 5.75 Å². The van der Waals surface area contributed by atoms with Gasteiger partial charge in [0, 0.05) is 12.0 Å². The molecule has 0 radical (unpaired) electrons. The van der Waals surface area contributed by atoms with E-state index in [0.717, 1.165) is 6.54 Å². The quantitative estimate of drug-likeness (QED) is 0.570. The van der Waals surface area contributed by atoms with Gasteiger partial charge in [0.25, 0.3) is 0 Å². The Morgan fingerprint density at radius 3 is 2.56 bits per heavy atom. The molecule has 1 saturated heterocycles. The number of phenolic OH excluding ortho intramolecular Hbond substituents is 1. The van der Waals surface area contributed by atoms with Crippen LogP contribution in [-0.4, -0.2) is 38.3 Å². The summed E-state index contributed by atoms with van der Waals surface area (Å²) >= 11 is 0. The van der Waals surface area contributed by atoms with Gasteiger partial charge in [0.05, 0.1) is 20.1 Å². The minimum atomic E-state index is 0.360. The van der Waals surface area contributed by atoms with Crippen molar-refractivity contribution in [2.24, 2.45) is 0 Å². The van der Waals surface area contributed by atoms with Crippen molar-refractivity contribution in [2.45, 2.75) is 13.0 Å². The number of aromatic hydroxyl groups is 1. The third kappa shape index (κ3) is 3.22. The van der Waals surface area contributed by atoms with Gasteiger partial charge in [0.15, 0.2) is 0 Å². The van der Waals surface area contributed by atoms with Gasteiger partial charge < -0.3 is 14.9 Å². The van der Waals surface area contributed by atoms with Crippen LogP contribution in [0.3, 0.4) is 0 Å². The highest BCUT2D eigenvalue weighted by Crippen LogP contribution is 2.08. The van der Waals surface area contributed by atoms with Gasteiger partial charge in [-0.2, -0.15) is 0 Å². The first-order chi connectivity index (χ1) is 7.74. The van der Waals surface area contributed by atoms with Gasteiger partial charge in [-0.1, -0.05) is 0 Å². The molecule has 1 aromatic rings. The lowest BCUT2D eigenvalue weighted by atomic mass is 10.2. The molecule has 2 unspecified atom stereocenters. The molecule has 2 rings (SSSR count). The summed E-state index contributed by atoms with van der Waals surface area (Å²) in [5, 5.41) is 9.23. The molecule has 16 heavy (non-hydrogen) atoms. The number of likely N-dealkylation sites (N-methyl/N-ethyl adjacent to an activating group) is 1. The fraction of sp³-hybridized carbons (Fsp3) is 0.538. The second-order valence-corrected chi connectivity index (χ2v) is 4.90. The van der Waals surface area contributed by atoms with Gasteiger partial charge in [0.1, 0.15) is 25.4 Å². The lowest BCUT2D eigenvalue weighted by molar-refractivity contribution is -0.938. The first-order valence-corrected chi connectivity index (χ1v) is 6.17. The summed E-state index contributed by atoms with van der Waals surface area (Å²) < 4.78 is 0. The third-order valence-corrected chi connectivity index (χ3v) is 3.43. The zero-order valence-electron chi connectivity index (χ0n) is 10.00. The SMILES string of the molecule is C[NH+]1CCC[NH+](Cc2ccc(O)cc2)CC1. The van der Waals surface area contributed by atoms with Crippen LogP contribution < -0.4 is 9.80 Å². The first kappa shape index (κ1) is 11.4. The Kier molecular flexibility index (Phi) is 3.80. The zero-order valence-corrected chi connectivity index (χ0v) is 10.00. The Labute approximate surface area is 97.3 Å². The molecule has 1 fully saturated rings. The summed E-state index contributed by atoms with van der Waals surface area (Å²) in [5.74, 6) is 0.360. The van der Waals surface area contributed by atoms with Gasteiger partial charge in [0.2, 0.25) is 0 Å². The van der Waals surface area contributed by atoms with Crippen molar-refractivity contribution in [1.82, 2.24) is 0 Å². The molecule has 1 aliphatic heterocycles. The van der Waals surface area contributed by atoms with E-state index < -0.39 is 0 Å². The molecule has 3 nitrogen and oxygen atoms in total. The van der Waals surface area contributed by atoms with Crippen molar-refractivity contribution in [1.29, 1.82) is 0 Å². The standard InChI is InChI=1S/C13H20N2O/c1-14-7-2-8-15(10-9-14)11-12-3-5-13(16)6-4-12/h3-6,16H,2,7-11H2,1H3/p+2. The van der Waals surface area contributed by atoms with Gasteiger partial charge in [-0.3, -0.25) is 0 Å². The Morgan fingerprint density at radius 2 is 1.81 bits per heavy atom. The summed E-state index contributed by atoms with van der Waals surface area (Å²) in [7, 11) is 2.28. The lowest BCUT2D eigenvalue weighted by Crippen LogP contribution is -3.15. The van der Waals surface area contributed by atoms with Crippen LogP contribution in [0.15, 0.2) is 24.3 Å². The van der Waals surface area contributed by atoms with Crippen LogP contribution in [0.5, 0.6) is 5.75 Å². The Morgan fingerprint density at radius 1 is 1.06 bits per heavy atom. The van der Waals surface area contributed by atoms with Crippen molar-refractivity contribution in [2.75, 3.05) is 33.2 Å². The fourth-order valence-electron chi connectivity index (χ4n) is 2.36. The van der Waals surface area contributed by atoms with Crippen molar-refractivity contribution in [3.63, 3.8) is 0 Å². The smallest absolute Gasteiger partial charge is 0.127 e. The van der Waals surface area contributed by atoms with E-state index in [1.807, 2.05) is 12.1 Å². The van der Waals surface area contributed by atoms with E-state index >= 15 is 0 Å². The molecular weight excluding hydrogens is 200 g/mol. The zero-order chi connectivity index (χ0) is 11.4. The second kappa shape index (κ2) is 5.32. The molecule has 0 aromatic heterocycles. The molecule has 0 bridgehead atoms. The number of nitrogens with one attached hydrogen (secondary N) is 2. The van der Waals surface area contributed by atoms with E-state index in [1.165, 1.54) is 38.2 Å². The highest BCUT2D eigenvalue weighted by Gasteiger charge is 2.17. The summed E-state index contributed by atoms with van der Waals surface area (Å²) in [6.45, 7) is 6.20. The predicted octanol–water partition coefficient (Wildman–Crippen LogP) is -1.30. The van der Waals surface area contributed by atoms with E-state index in [-0.39, 0.29) is 0 Å². The molecule has 0 amide bonds. The van der Waals surface area contributed by atoms with Crippen LogP contribution in [0.25, 0.3) is 0 Å². The molecule has 0 aliphatic carbocycles. The molecular formula is C13H22N2O+2. The average Bonchev–Trinajstić information content (AvgIpc) is 2.47. The van der Waals surface area contributed by atoms with Crippen LogP contribution in [0.1, 0.15) is 12.0 Å². The summed E-state index contributed by atoms with van der Waals surface area (Å²) in [6.07, 6.45) is 1.32. The van der Waals surface area contributed by atoms with Gasteiger partial charge >= 0.3 is 0 Å². The summed E-state index contributed by atoms with van der Waals surface area (Å²) in [4.78, 5) is 3.32. The number of phenols is 1. The molecule has 3 heteroatoms. The minimum Gasteiger partial charge on any atom is -0.508 e. The number of quaternary nitrogens is 2. The van der Waals surface area contributed by atoms with E-state index in [9.17, 15) is 5.11 Å². The van der Waals surface area contributed by atoms with Gasteiger partial charge in [-0.05, 0) is 24.3 Å². The highest BCUT2D eigenvalue weighted by atomic mass is 16.3. The van der Waals surface area contributed by atoms with E-state index in [4.69, 9.17) is 0 Å². The molecule has 0 spiro atoms. The van der Waals surface area contributed by atoms with Crippen LogP contribution >= 0.6 is 0 Å². The third-order valence-electron chi connectivity index (χ3n) is 3.43. The topological polar surface area (TPSA) is 29.1 Å². The maximum atomic E-state index is 9.23. The Balaban J connectivity index is 1.91. The largest absolute Gasteiger partial charge is 0.508 e. The maximum Gasteiger partial charge on any atom is 0.127 e. The number of rotatable bonds is 2. The number of hydrogen-bond acceptors (Lipinski definition) is 1. The molecule has 2 atom stereocenters. The first-order valence-electron chi connectivity index (χ1n) is 6.17. The average molecular weight is 222 g/mol. The number of hydrogen-bond donors (Lipinski definition) is 3. The monoisotopic (exact) mass is 222 g/mol. The van der Waals surface area contributed by atoms with E-state index in [2.05, 4.69) is 7.05 Å². The molecule has 88 valence electrons. The Hall–Kier alpha value is -1.06. The highest BCUT2D eigenvalue weighted by molar-refractivity contribution is 5.25. The summed E-state index contributed by atoms with van der Waals surface area (Å²) in [6, 6.07) is 7.63. The predicted molar refractivity (Wildman–Crippen MR) is 63.7 cm³/mol. The number of benzene rings is 1. The molecule has 1 aliphatic rings. The van der Waals surface area contributed by atoms with Crippen molar-refractivity contribution in [3.05, 3.63) is 29.8 Å². The van der Waals surface area contributed by atoms with Gasteiger partial charge in [-0.15, -0.1) is 0 Å². The molecule has 1 aromatic carbocycles. The van der Waals surface area contributed by atoms with Crippen LogP contribution in [-0.2, 0) is 6.54 Å².